The molecule has 0 radical (unpaired) electrons. The van der Waals surface area contributed by atoms with E-state index in [1.807, 2.05) is 0 Å². The van der Waals surface area contributed by atoms with Crippen molar-refractivity contribution in [3.63, 3.8) is 0 Å². The summed E-state index contributed by atoms with van der Waals surface area (Å²) >= 11 is 0. The molecule has 5 rings (SSSR count). The average Bonchev–Trinajstić information content (AvgIpc) is 3.12. The first-order valence-corrected chi connectivity index (χ1v) is 11.8. The van der Waals surface area contributed by atoms with Gasteiger partial charge in [0.25, 0.3) is 0 Å². The highest BCUT2D eigenvalue weighted by atomic mass is 16.3. The summed E-state index contributed by atoms with van der Waals surface area (Å²) < 4.78 is 8.74. The third kappa shape index (κ3) is 3.44. The second-order valence-corrected chi connectivity index (χ2v) is 9.72. The fourth-order valence-corrected chi connectivity index (χ4v) is 5.45. The van der Waals surface area contributed by atoms with Crippen LogP contribution in [-0.2, 0) is 7.05 Å². The normalized spacial score (nSPS) is 15.4. The highest BCUT2D eigenvalue weighted by Gasteiger charge is 2.24. The van der Waals surface area contributed by atoms with Gasteiger partial charge in [-0.1, -0.05) is 45.2 Å². The van der Waals surface area contributed by atoms with Crippen molar-refractivity contribution in [2.75, 3.05) is 0 Å². The van der Waals surface area contributed by atoms with Crippen LogP contribution in [0.1, 0.15) is 80.2 Å². The number of hydrogen-bond donors (Lipinski definition) is 0. The number of furan rings is 1. The Hall–Kier alpha value is -2.68. The molecule has 3 heteroatoms. The van der Waals surface area contributed by atoms with Crippen LogP contribution >= 0.6 is 0 Å². The monoisotopic (exact) mass is 413 g/mol. The molecule has 1 saturated carbocycles. The number of hydrogen-bond acceptors (Lipinski definition) is 2. The van der Waals surface area contributed by atoms with Crippen molar-refractivity contribution in [2.24, 2.45) is 7.05 Å². The summed E-state index contributed by atoms with van der Waals surface area (Å²) in [4.78, 5) is 5.01. The lowest BCUT2D eigenvalue weighted by atomic mass is 9.86. The van der Waals surface area contributed by atoms with Crippen molar-refractivity contribution >= 4 is 22.1 Å². The Labute approximate surface area is 185 Å². The van der Waals surface area contributed by atoms with E-state index in [2.05, 4.69) is 75.8 Å². The lowest BCUT2D eigenvalue weighted by Gasteiger charge is -2.20. The van der Waals surface area contributed by atoms with Crippen LogP contribution in [0.4, 0.5) is 0 Å². The minimum absolute atomic E-state index is 0.481. The van der Waals surface area contributed by atoms with Gasteiger partial charge in [-0.2, -0.15) is 0 Å². The third-order valence-corrected chi connectivity index (χ3v) is 7.15. The van der Waals surface area contributed by atoms with Crippen molar-refractivity contribution in [3.05, 3.63) is 58.9 Å². The second kappa shape index (κ2) is 7.78. The van der Waals surface area contributed by atoms with Gasteiger partial charge in [0.1, 0.15) is 7.05 Å². The maximum atomic E-state index is 6.51. The number of pyridine rings is 2. The maximum Gasteiger partial charge on any atom is 0.227 e. The molecule has 160 valence electrons. The van der Waals surface area contributed by atoms with E-state index in [0.29, 0.717) is 11.8 Å². The molecule has 0 atom stereocenters. The van der Waals surface area contributed by atoms with Gasteiger partial charge in [0.2, 0.25) is 11.4 Å². The van der Waals surface area contributed by atoms with Crippen molar-refractivity contribution in [3.8, 4) is 11.3 Å². The van der Waals surface area contributed by atoms with Crippen molar-refractivity contribution in [1.82, 2.24) is 4.98 Å². The van der Waals surface area contributed by atoms with Crippen molar-refractivity contribution in [2.45, 2.75) is 71.6 Å². The predicted molar refractivity (Wildman–Crippen MR) is 128 cm³/mol. The first kappa shape index (κ1) is 20.2. The molecule has 1 aliphatic carbocycles. The van der Waals surface area contributed by atoms with Gasteiger partial charge in [0, 0.05) is 34.0 Å². The Morgan fingerprint density at radius 2 is 1.71 bits per heavy atom. The quantitative estimate of drug-likeness (QED) is 0.331. The summed E-state index contributed by atoms with van der Waals surface area (Å²) in [5.41, 5.74) is 9.26. The zero-order valence-electron chi connectivity index (χ0n) is 19.5. The van der Waals surface area contributed by atoms with Gasteiger partial charge in [-0.15, -0.1) is 0 Å². The second-order valence-electron chi connectivity index (χ2n) is 9.72. The van der Waals surface area contributed by atoms with E-state index >= 15 is 0 Å². The van der Waals surface area contributed by atoms with Crippen LogP contribution < -0.4 is 4.57 Å². The number of aromatic nitrogens is 2. The predicted octanol–water partition coefficient (Wildman–Crippen LogP) is 7.26. The minimum Gasteiger partial charge on any atom is -0.437 e. The number of rotatable bonds is 3. The fourth-order valence-electron chi connectivity index (χ4n) is 5.45. The van der Waals surface area contributed by atoms with Crippen LogP contribution in [0.25, 0.3) is 33.3 Å². The maximum absolute atomic E-state index is 6.51. The molecular formula is C28H33N2O+. The molecule has 0 saturated heterocycles. The summed E-state index contributed by atoms with van der Waals surface area (Å²) in [7, 11) is 2.13. The molecule has 0 N–H and O–H groups in total. The first-order chi connectivity index (χ1) is 14.9. The smallest absolute Gasteiger partial charge is 0.227 e. The molecule has 31 heavy (non-hydrogen) atoms. The van der Waals surface area contributed by atoms with E-state index < -0.39 is 0 Å². The number of aryl methyl sites for hydroxylation is 3. The lowest BCUT2D eigenvalue weighted by molar-refractivity contribution is -0.660. The van der Waals surface area contributed by atoms with Gasteiger partial charge >= 0.3 is 0 Å². The molecule has 1 fully saturated rings. The summed E-state index contributed by atoms with van der Waals surface area (Å²) in [6.07, 6.45) is 8.73. The van der Waals surface area contributed by atoms with Gasteiger partial charge in [0.05, 0.1) is 5.56 Å². The number of fused-ring (bicyclic) bond motifs is 3. The van der Waals surface area contributed by atoms with Crippen molar-refractivity contribution < 1.29 is 8.98 Å². The standard InChI is InChI=1S/C28H33N2O/c1-17(2)23-15-25(30(5)16-19(23)4)26-18(3)11-12-21-22-13-14-24(20-9-7-6-8-10-20)29-28(22)31-27(21)26/h11-17,20H,6-10H2,1-5H3/q+1. The van der Waals surface area contributed by atoms with Crippen molar-refractivity contribution in [1.29, 1.82) is 0 Å². The fraction of sp³-hybridized carbons (Fsp3) is 0.429. The molecule has 3 aromatic heterocycles. The largest absolute Gasteiger partial charge is 0.437 e. The summed E-state index contributed by atoms with van der Waals surface area (Å²) in [5, 5.41) is 2.28. The molecule has 3 heterocycles. The van der Waals surface area contributed by atoms with Gasteiger partial charge < -0.3 is 4.42 Å². The van der Waals surface area contributed by atoms with Gasteiger partial charge in [-0.05, 0) is 55.9 Å². The van der Waals surface area contributed by atoms with E-state index in [-0.39, 0.29) is 0 Å². The summed E-state index contributed by atoms with van der Waals surface area (Å²) in [6, 6.07) is 11.2. The van der Waals surface area contributed by atoms with Gasteiger partial charge in [-0.25, -0.2) is 9.55 Å². The molecule has 3 nitrogen and oxygen atoms in total. The van der Waals surface area contributed by atoms with Crippen LogP contribution in [-0.4, -0.2) is 4.98 Å². The number of nitrogens with zero attached hydrogens (tertiary/aromatic N) is 2. The molecule has 0 amide bonds. The Kier molecular flexibility index (Phi) is 5.08. The Balaban J connectivity index is 1.72. The van der Waals surface area contributed by atoms with E-state index in [0.717, 1.165) is 22.1 Å². The van der Waals surface area contributed by atoms with E-state index in [1.165, 1.54) is 65.7 Å². The average molecular weight is 414 g/mol. The highest BCUT2D eigenvalue weighted by Crippen LogP contribution is 2.39. The van der Waals surface area contributed by atoms with Crippen LogP contribution in [0.2, 0.25) is 0 Å². The van der Waals surface area contributed by atoms with E-state index in [4.69, 9.17) is 9.40 Å². The van der Waals surface area contributed by atoms with Crippen LogP contribution in [0.5, 0.6) is 0 Å². The van der Waals surface area contributed by atoms with E-state index in [1.54, 1.807) is 0 Å². The molecule has 0 spiro atoms. The SMILES string of the molecule is Cc1c[n+](C)c(-c2c(C)ccc3c2oc2nc(C4CCCCC4)ccc23)cc1C(C)C. The summed E-state index contributed by atoms with van der Waals surface area (Å²) in [6.45, 7) is 8.90. The molecule has 0 aliphatic heterocycles. The van der Waals surface area contributed by atoms with Gasteiger partial charge in [0.15, 0.2) is 11.8 Å². The molecule has 1 aromatic carbocycles. The minimum atomic E-state index is 0.481. The molecule has 4 aromatic rings. The molecular weight excluding hydrogens is 380 g/mol. The topological polar surface area (TPSA) is 29.9 Å². The Bertz CT molecular complexity index is 1280. The zero-order valence-corrected chi connectivity index (χ0v) is 19.5. The number of benzene rings is 1. The van der Waals surface area contributed by atoms with Crippen LogP contribution in [0.3, 0.4) is 0 Å². The first-order valence-electron chi connectivity index (χ1n) is 11.8. The van der Waals surface area contributed by atoms with Gasteiger partial charge in [-0.3, -0.25) is 0 Å². The van der Waals surface area contributed by atoms with E-state index in [9.17, 15) is 0 Å². The summed E-state index contributed by atoms with van der Waals surface area (Å²) in [5.74, 6) is 1.06. The third-order valence-electron chi connectivity index (χ3n) is 7.15. The molecule has 1 aliphatic rings. The highest BCUT2D eigenvalue weighted by molar-refractivity contribution is 6.08. The van der Waals surface area contributed by atoms with Crippen LogP contribution in [0, 0.1) is 13.8 Å². The lowest BCUT2D eigenvalue weighted by Crippen LogP contribution is -2.32. The Morgan fingerprint density at radius 1 is 0.968 bits per heavy atom. The zero-order chi connectivity index (χ0) is 21.7. The molecule has 0 unspecified atom stereocenters. The van der Waals surface area contributed by atoms with Crippen LogP contribution in [0.15, 0.2) is 40.9 Å². The molecule has 0 bridgehead atoms. The Morgan fingerprint density at radius 3 is 2.45 bits per heavy atom.